The first kappa shape index (κ1) is 31.9. The standard InChI is InChI=1S/C41H32N2O6S/c44-24-26-15-17-27(18-16-26)35-23-32(25-50-41-42-36(28-9-3-1-4-10-28)37(49-41)29-11-5-2-6-12-29)47-40(48-35)30-19-21-31(22-20-30)43-38(45)33-13-7-8-14-34(33)39(43)46/h1-22,32,35,40,44H,23-25H2. The van der Waals surface area contributed by atoms with Crippen LogP contribution in [0, 0.1) is 0 Å². The molecule has 50 heavy (non-hydrogen) atoms. The molecule has 3 heterocycles. The van der Waals surface area contributed by atoms with Crippen LogP contribution in [-0.4, -0.2) is 33.8 Å². The number of hydrogen-bond donors (Lipinski definition) is 1. The predicted octanol–water partition coefficient (Wildman–Crippen LogP) is 8.64. The summed E-state index contributed by atoms with van der Waals surface area (Å²) < 4.78 is 19.5. The molecule has 1 saturated heterocycles. The Labute approximate surface area is 293 Å². The number of carbonyl (C=O) groups excluding carboxylic acids is 2. The smallest absolute Gasteiger partial charge is 0.266 e. The number of rotatable bonds is 9. The maximum absolute atomic E-state index is 13.1. The number of aliphatic hydroxyl groups is 1. The highest BCUT2D eigenvalue weighted by Gasteiger charge is 2.37. The van der Waals surface area contributed by atoms with Crippen molar-refractivity contribution < 1.29 is 28.6 Å². The number of aromatic nitrogens is 1. The minimum atomic E-state index is -0.711. The first-order valence-corrected chi connectivity index (χ1v) is 17.4. The second-order valence-corrected chi connectivity index (χ2v) is 13.1. The largest absolute Gasteiger partial charge is 0.431 e. The van der Waals surface area contributed by atoms with Gasteiger partial charge in [0, 0.05) is 28.9 Å². The summed E-state index contributed by atoms with van der Waals surface area (Å²) in [5.74, 6) is 0.583. The Balaban J connectivity index is 1.05. The molecule has 2 aliphatic rings. The van der Waals surface area contributed by atoms with Gasteiger partial charge in [0.1, 0.15) is 5.69 Å². The molecule has 0 radical (unpaired) electrons. The molecule has 2 amide bonds. The van der Waals surface area contributed by atoms with Crippen molar-refractivity contribution in [3.63, 3.8) is 0 Å². The van der Waals surface area contributed by atoms with Crippen molar-refractivity contribution in [3.05, 3.63) is 161 Å². The van der Waals surface area contributed by atoms with E-state index in [1.165, 1.54) is 16.7 Å². The molecular weight excluding hydrogens is 649 g/mol. The molecule has 2 aliphatic heterocycles. The van der Waals surface area contributed by atoms with E-state index in [4.69, 9.17) is 18.9 Å². The monoisotopic (exact) mass is 680 g/mol. The van der Waals surface area contributed by atoms with E-state index < -0.39 is 6.29 Å². The van der Waals surface area contributed by atoms with Gasteiger partial charge in [0.05, 0.1) is 35.6 Å². The molecule has 0 spiro atoms. The van der Waals surface area contributed by atoms with Crippen LogP contribution in [0.15, 0.2) is 143 Å². The molecule has 248 valence electrons. The maximum Gasteiger partial charge on any atom is 0.266 e. The third kappa shape index (κ3) is 6.28. The zero-order valence-corrected chi connectivity index (χ0v) is 27.7. The van der Waals surface area contributed by atoms with Gasteiger partial charge in [0.2, 0.25) is 0 Å². The third-order valence-electron chi connectivity index (χ3n) is 8.92. The molecule has 1 aromatic heterocycles. The van der Waals surface area contributed by atoms with Crippen LogP contribution in [0.2, 0.25) is 0 Å². The van der Waals surface area contributed by atoms with Gasteiger partial charge in [-0.3, -0.25) is 9.59 Å². The lowest BCUT2D eigenvalue weighted by molar-refractivity contribution is -0.245. The Morgan fingerprint density at radius 2 is 1.30 bits per heavy atom. The van der Waals surface area contributed by atoms with E-state index in [-0.39, 0.29) is 30.6 Å². The second-order valence-electron chi connectivity index (χ2n) is 12.1. The summed E-state index contributed by atoms with van der Waals surface area (Å²) in [5, 5.41) is 10.1. The quantitative estimate of drug-likeness (QED) is 0.120. The predicted molar refractivity (Wildman–Crippen MR) is 191 cm³/mol. The SMILES string of the molecule is O=C1c2ccccc2C(=O)N1c1ccc(C2OC(CSc3nc(-c4ccccc4)c(-c4ccccc4)o3)CC(c3ccc(CO)cc3)O2)cc1. The molecule has 0 aliphatic carbocycles. The summed E-state index contributed by atoms with van der Waals surface area (Å²) in [6.07, 6.45) is -0.637. The summed E-state index contributed by atoms with van der Waals surface area (Å²) in [5.41, 5.74) is 6.52. The van der Waals surface area contributed by atoms with Crippen molar-refractivity contribution in [2.24, 2.45) is 0 Å². The van der Waals surface area contributed by atoms with Gasteiger partial charge in [0.25, 0.3) is 17.0 Å². The van der Waals surface area contributed by atoms with Crippen LogP contribution in [0.1, 0.15) is 56.2 Å². The maximum atomic E-state index is 13.1. The number of thioether (sulfide) groups is 1. The fourth-order valence-corrected chi connectivity index (χ4v) is 7.17. The average Bonchev–Trinajstić information content (AvgIpc) is 3.73. The van der Waals surface area contributed by atoms with Gasteiger partial charge in [-0.2, -0.15) is 0 Å². The number of fused-ring (bicyclic) bond motifs is 1. The van der Waals surface area contributed by atoms with E-state index in [0.29, 0.717) is 40.0 Å². The molecule has 3 unspecified atom stereocenters. The van der Waals surface area contributed by atoms with E-state index in [1.54, 1.807) is 36.4 Å². The summed E-state index contributed by atoms with van der Waals surface area (Å²) >= 11 is 1.49. The van der Waals surface area contributed by atoms with E-state index in [0.717, 1.165) is 33.5 Å². The lowest BCUT2D eigenvalue weighted by Crippen LogP contribution is -2.31. The molecule has 0 bridgehead atoms. The zero-order valence-electron chi connectivity index (χ0n) is 26.8. The first-order valence-electron chi connectivity index (χ1n) is 16.4. The van der Waals surface area contributed by atoms with Crippen molar-refractivity contribution in [1.29, 1.82) is 0 Å². The van der Waals surface area contributed by atoms with E-state index in [2.05, 4.69) is 0 Å². The fourth-order valence-electron chi connectivity index (χ4n) is 6.33. The second kappa shape index (κ2) is 13.9. The molecule has 1 N–H and O–H groups in total. The van der Waals surface area contributed by atoms with Gasteiger partial charge < -0.3 is 19.0 Å². The highest BCUT2D eigenvalue weighted by molar-refractivity contribution is 7.99. The molecule has 1 fully saturated rings. The first-order chi connectivity index (χ1) is 24.6. The van der Waals surface area contributed by atoms with Gasteiger partial charge in [-0.15, -0.1) is 0 Å². The van der Waals surface area contributed by atoms with Crippen molar-refractivity contribution in [2.45, 2.75) is 36.7 Å². The van der Waals surface area contributed by atoms with Crippen LogP contribution in [0.4, 0.5) is 5.69 Å². The number of nitrogens with zero attached hydrogens (tertiary/aromatic N) is 2. The van der Waals surface area contributed by atoms with E-state index in [9.17, 15) is 14.7 Å². The summed E-state index contributed by atoms with van der Waals surface area (Å²) in [7, 11) is 0. The fraction of sp³-hybridized carbons (Fsp3) is 0.146. The molecular formula is C41H32N2O6S. The minimum absolute atomic E-state index is 0.0393. The number of aliphatic hydroxyl groups excluding tert-OH is 1. The molecule has 8 rings (SSSR count). The van der Waals surface area contributed by atoms with Crippen LogP contribution >= 0.6 is 11.8 Å². The van der Waals surface area contributed by atoms with Crippen molar-refractivity contribution in [3.8, 4) is 22.6 Å². The lowest BCUT2D eigenvalue weighted by atomic mass is 10.0. The van der Waals surface area contributed by atoms with E-state index >= 15 is 0 Å². The Kier molecular flexibility index (Phi) is 8.87. The van der Waals surface area contributed by atoms with E-state index in [1.807, 2.05) is 97.1 Å². The minimum Gasteiger partial charge on any atom is -0.431 e. The lowest BCUT2D eigenvalue weighted by Gasteiger charge is -2.36. The summed E-state index contributed by atoms with van der Waals surface area (Å²) in [6.45, 7) is -0.0393. The number of carbonyl (C=O) groups is 2. The van der Waals surface area contributed by atoms with Gasteiger partial charge in [0.15, 0.2) is 12.1 Å². The number of amides is 2. The topological polar surface area (TPSA) is 102 Å². The number of hydrogen-bond acceptors (Lipinski definition) is 8. The number of anilines is 1. The molecule has 8 nitrogen and oxygen atoms in total. The Morgan fingerprint density at radius 3 is 1.94 bits per heavy atom. The van der Waals surface area contributed by atoms with Crippen LogP contribution < -0.4 is 4.90 Å². The van der Waals surface area contributed by atoms with Crippen molar-refractivity contribution in [2.75, 3.05) is 10.7 Å². The van der Waals surface area contributed by atoms with Crippen LogP contribution in [0.25, 0.3) is 22.6 Å². The summed E-state index contributed by atoms with van der Waals surface area (Å²) in [4.78, 5) is 32.3. The highest BCUT2D eigenvalue weighted by atomic mass is 32.2. The van der Waals surface area contributed by atoms with Crippen molar-refractivity contribution in [1.82, 2.24) is 4.98 Å². The van der Waals surface area contributed by atoms with Gasteiger partial charge in [-0.1, -0.05) is 121 Å². The molecule has 9 heteroatoms. The van der Waals surface area contributed by atoms with Gasteiger partial charge >= 0.3 is 0 Å². The number of ether oxygens (including phenoxy) is 2. The van der Waals surface area contributed by atoms with Gasteiger partial charge in [-0.05, 0) is 35.4 Å². The van der Waals surface area contributed by atoms with Crippen molar-refractivity contribution >= 4 is 29.3 Å². The van der Waals surface area contributed by atoms with Crippen LogP contribution in [0.5, 0.6) is 0 Å². The van der Waals surface area contributed by atoms with Gasteiger partial charge in [-0.25, -0.2) is 9.88 Å². The molecule has 0 saturated carbocycles. The third-order valence-corrected chi connectivity index (χ3v) is 9.88. The number of oxazole rings is 1. The zero-order chi connectivity index (χ0) is 34.0. The normalized spacial score (nSPS) is 18.7. The summed E-state index contributed by atoms with van der Waals surface area (Å²) in [6, 6.07) is 41.7. The number of benzene rings is 5. The Hall–Kier alpha value is -5.32. The van der Waals surface area contributed by atoms with Crippen LogP contribution in [0.3, 0.4) is 0 Å². The molecule has 6 aromatic rings. The average molecular weight is 681 g/mol. The molecule has 3 atom stereocenters. The Morgan fingerprint density at radius 1 is 0.700 bits per heavy atom. The Bertz CT molecular complexity index is 2040. The highest BCUT2D eigenvalue weighted by Crippen LogP contribution is 2.41. The molecule has 5 aromatic carbocycles. The van der Waals surface area contributed by atoms with Crippen LogP contribution in [-0.2, 0) is 16.1 Å². The number of imide groups is 1.